The Morgan fingerprint density at radius 2 is 0.926 bits per heavy atom. The van der Waals surface area contributed by atoms with Crippen LogP contribution in [-0.2, 0) is 13.6 Å². The van der Waals surface area contributed by atoms with E-state index >= 15 is 0 Å². The fourth-order valence-corrected chi connectivity index (χ4v) is 6.62. The quantitative estimate of drug-likeness (QED) is 0.659. The molecule has 0 saturated heterocycles. The maximum atomic E-state index is 10.1. The van der Waals surface area contributed by atoms with E-state index in [4.69, 9.17) is 4.89 Å². The molecule has 4 nitrogen and oxygen atoms in total. The van der Waals surface area contributed by atoms with Gasteiger partial charge >= 0.3 is 129 Å². The summed E-state index contributed by atoms with van der Waals surface area (Å²) in [6.45, 7) is 2.44. The van der Waals surface area contributed by atoms with Crippen molar-refractivity contribution in [2.75, 3.05) is 20.9 Å². The minimum atomic E-state index is -3.65. The first-order valence-electron chi connectivity index (χ1n) is 8.55. The van der Waals surface area contributed by atoms with Crippen LogP contribution in [0.2, 0.25) is 0 Å². The van der Waals surface area contributed by atoms with Gasteiger partial charge in [-0.05, 0) is 0 Å². The molecular weight excluding hydrogens is 378 g/mol. The molecule has 0 saturated carbocycles. The first-order valence-corrected chi connectivity index (χ1v) is 12.5. The number of phosphoric acid groups is 1. The van der Waals surface area contributed by atoms with Crippen LogP contribution in [0.5, 0.6) is 0 Å². The summed E-state index contributed by atoms with van der Waals surface area (Å²) in [4.78, 5) is 8.24. The molecule has 3 aromatic rings. The predicted octanol–water partition coefficient (Wildman–Crippen LogP) is 3.72. The molecular formula is C21H26O4P2. The van der Waals surface area contributed by atoms with Crippen molar-refractivity contribution in [2.45, 2.75) is 0 Å². The van der Waals surface area contributed by atoms with Crippen molar-refractivity contribution < 1.29 is 18.5 Å². The summed E-state index contributed by atoms with van der Waals surface area (Å²) < 4.78 is 18.0. The number of hydrogen-bond donors (Lipinski definition) is 1. The summed E-state index contributed by atoms with van der Waals surface area (Å²) in [6, 6.07) is 32.8. The first kappa shape index (κ1) is 21.5. The monoisotopic (exact) mass is 404 g/mol. The molecule has 0 radical (unpaired) electrons. The Balaban J connectivity index is 0.000000321. The van der Waals surface area contributed by atoms with Gasteiger partial charge in [-0.15, -0.1) is 0 Å². The number of hydrogen-bond acceptors (Lipinski definition) is 3. The van der Waals surface area contributed by atoms with Gasteiger partial charge in [0.25, 0.3) is 0 Å². The molecule has 0 aliphatic rings. The first-order chi connectivity index (χ1) is 12.9. The van der Waals surface area contributed by atoms with Gasteiger partial charge in [0.05, 0.1) is 0 Å². The van der Waals surface area contributed by atoms with Gasteiger partial charge in [0.2, 0.25) is 0 Å². The molecule has 0 unspecified atom stereocenters. The third-order valence-electron chi connectivity index (χ3n) is 4.51. The topological polar surface area (TPSA) is 55.8 Å². The number of phosphoric ester groups is 1. The third-order valence-corrected chi connectivity index (χ3v) is 9.90. The van der Waals surface area contributed by atoms with Gasteiger partial charge in [0, 0.05) is 14.2 Å². The summed E-state index contributed by atoms with van der Waals surface area (Å²) in [5.74, 6) is 0. The van der Waals surface area contributed by atoms with Gasteiger partial charge in [-0.3, -0.25) is 9.05 Å². The molecule has 0 aliphatic heterocycles. The molecule has 27 heavy (non-hydrogen) atoms. The summed E-state index contributed by atoms with van der Waals surface area (Å²) >= 11 is 0. The van der Waals surface area contributed by atoms with E-state index in [1.165, 1.54) is 15.9 Å². The van der Waals surface area contributed by atoms with Crippen LogP contribution in [0.3, 0.4) is 0 Å². The molecule has 3 rings (SSSR count). The van der Waals surface area contributed by atoms with Crippen molar-refractivity contribution in [3.05, 3.63) is 91.0 Å². The summed E-state index contributed by atoms with van der Waals surface area (Å²) in [5, 5.41) is 4.37. The van der Waals surface area contributed by atoms with E-state index in [0.29, 0.717) is 0 Å². The summed E-state index contributed by atoms with van der Waals surface area (Å²) in [5.41, 5.74) is 0. The van der Waals surface area contributed by atoms with E-state index in [-0.39, 0.29) is 0 Å². The van der Waals surface area contributed by atoms with Crippen molar-refractivity contribution in [1.29, 1.82) is 0 Å². The second kappa shape index (κ2) is 9.94. The van der Waals surface area contributed by atoms with Crippen LogP contribution in [0.25, 0.3) is 0 Å². The molecule has 144 valence electrons. The van der Waals surface area contributed by atoms with Gasteiger partial charge in [-0.1, -0.05) is 0 Å². The zero-order valence-electron chi connectivity index (χ0n) is 15.8. The van der Waals surface area contributed by atoms with E-state index in [1.54, 1.807) is 0 Å². The van der Waals surface area contributed by atoms with Crippen LogP contribution < -0.4 is 15.9 Å². The standard InChI is InChI=1S/C19H19P.C2H7O4P/c1-20(17-11-5-2-6-12-17,18-13-7-3-8-14-18)19-15-9-4-10-16-19;1-5-7(3,4)6-2/h2-16,20H,1H3;1-2H3,(H,3,4). The molecule has 0 aromatic heterocycles. The Morgan fingerprint density at radius 3 is 1.11 bits per heavy atom. The molecule has 0 atom stereocenters. The average molecular weight is 404 g/mol. The van der Waals surface area contributed by atoms with E-state index in [2.05, 4.69) is 107 Å². The van der Waals surface area contributed by atoms with Crippen LogP contribution in [0.4, 0.5) is 0 Å². The van der Waals surface area contributed by atoms with E-state index in [1.807, 2.05) is 0 Å². The van der Waals surface area contributed by atoms with Crippen molar-refractivity contribution in [3.63, 3.8) is 0 Å². The van der Waals surface area contributed by atoms with Crippen molar-refractivity contribution in [2.24, 2.45) is 0 Å². The number of benzene rings is 3. The summed E-state index contributed by atoms with van der Waals surface area (Å²) in [6.07, 6.45) is 0. The maximum absolute atomic E-state index is 10.1. The molecule has 0 fully saturated rings. The van der Waals surface area contributed by atoms with Crippen molar-refractivity contribution >= 4 is 31.0 Å². The van der Waals surface area contributed by atoms with E-state index in [9.17, 15) is 4.57 Å². The van der Waals surface area contributed by atoms with Crippen LogP contribution in [-0.4, -0.2) is 25.8 Å². The molecule has 1 N–H and O–H groups in total. The van der Waals surface area contributed by atoms with Gasteiger partial charge < -0.3 is 4.89 Å². The van der Waals surface area contributed by atoms with Crippen LogP contribution in [0, 0.1) is 0 Å². The van der Waals surface area contributed by atoms with E-state index in [0.717, 1.165) is 14.2 Å². The normalized spacial score (nSPS) is 12.0. The Labute approximate surface area is 161 Å². The fraction of sp³-hybridized carbons (Fsp3) is 0.143. The Bertz CT molecular complexity index is 750. The molecule has 0 heterocycles. The van der Waals surface area contributed by atoms with Crippen molar-refractivity contribution in [1.82, 2.24) is 0 Å². The molecule has 0 spiro atoms. The number of rotatable bonds is 5. The molecule has 0 bridgehead atoms. The second-order valence-corrected chi connectivity index (χ2v) is 11.7. The third kappa shape index (κ3) is 5.59. The average Bonchev–Trinajstić information content (AvgIpc) is 2.75. The molecule has 0 aliphatic carbocycles. The fourth-order valence-electron chi connectivity index (χ4n) is 2.89. The predicted molar refractivity (Wildman–Crippen MR) is 116 cm³/mol. The minimum absolute atomic E-state index is 1.10. The molecule has 6 heteroatoms. The van der Waals surface area contributed by atoms with Gasteiger partial charge in [-0.2, -0.15) is 0 Å². The van der Waals surface area contributed by atoms with E-state index < -0.39 is 15.1 Å². The van der Waals surface area contributed by atoms with Crippen LogP contribution >= 0.6 is 15.1 Å². The van der Waals surface area contributed by atoms with Crippen LogP contribution in [0.15, 0.2) is 91.0 Å². The van der Waals surface area contributed by atoms with Crippen molar-refractivity contribution in [3.8, 4) is 0 Å². The Kier molecular flexibility index (Phi) is 7.91. The second-order valence-electron chi connectivity index (χ2n) is 6.06. The van der Waals surface area contributed by atoms with Gasteiger partial charge in [0.15, 0.2) is 0 Å². The summed E-state index contributed by atoms with van der Waals surface area (Å²) in [7, 11) is -3.33. The molecule has 3 aromatic carbocycles. The van der Waals surface area contributed by atoms with Crippen LogP contribution in [0.1, 0.15) is 0 Å². The Morgan fingerprint density at radius 1 is 0.667 bits per heavy atom. The Hall–Kier alpha value is -1.80. The zero-order valence-corrected chi connectivity index (χ0v) is 17.7. The van der Waals surface area contributed by atoms with Gasteiger partial charge in [-0.25, -0.2) is 4.57 Å². The zero-order chi connectivity index (χ0) is 19.8. The molecule has 0 amide bonds. The SMILES string of the molecule is COP(=O)(O)OC.C[PH](c1ccccc1)(c1ccccc1)c1ccccc1. The van der Waals surface area contributed by atoms with Gasteiger partial charge in [0.1, 0.15) is 0 Å².